The van der Waals surface area contributed by atoms with Crippen LogP contribution in [0.15, 0.2) is 40.8 Å². The molecule has 25 heavy (non-hydrogen) atoms. The molecule has 5 heteroatoms. The summed E-state index contributed by atoms with van der Waals surface area (Å²) in [4.78, 5) is 16.8. The van der Waals surface area contributed by atoms with Crippen LogP contribution in [-0.4, -0.2) is 44.0 Å². The molecule has 0 saturated carbocycles. The molecule has 1 aromatic heterocycles. The molecular formula is C20H25N3O2. The van der Waals surface area contributed by atoms with Gasteiger partial charge >= 0.3 is 0 Å². The number of benzene rings is 1. The number of amides is 1. The number of likely N-dealkylation sites (N-methyl/N-ethyl adjacent to an activating group) is 1. The molecule has 0 atom stereocenters. The van der Waals surface area contributed by atoms with E-state index in [0.717, 1.165) is 37.6 Å². The van der Waals surface area contributed by atoms with Crippen LogP contribution in [0.1, 0.15) is 17.1 Å². The summed E-state index contributed by atoms with van der Waals surface area (Å²) in [6.45, 7) is 8.19. The van der Waals surface area contributed by atoms with Crippen molar-refractivity contribution in [2.45, 2.75) is 13.8 Å². The van der Waals surface area contributed by atoms with Crippen LogP contribution in [0.4, 0.5) is 11.4 Å². The average Bonchev–Trinajstić information content (AvgIpc) is 3.00. The summed E-state index contributed by atoms with van der Waals surface area (Å²) < 4.78 is 5.42. The minimum Gasteiger partial charge on any atom is -0.462 e. The molecule has 2 aromatic rings. The molecule has 5 nitrogen and oxygen atoms in total. The fraction of sp³-hybridized carbons (Fsp3) is 0.350. The van der Waals surface area contributed by atoms with Gasteiger partial charge in [-0.1, -0.05) is 0 Å². The van der Waals surface area contributed by atoms with E-state index in [1.165, 1.54) is 17.3 Å². The molecule has 0 aliphatic carbocycles. The summed E-state index contributed by atoms with van der Waals surface area (Å²) in [5, 5.41) is 2.90. The van der Waals surface area contributed by atoms with Crippen molar-refractivity contribution in [3.8, 4) is 0 Å². The normalized spacial score (nSPS) is 15.7. The van der Waals surface area contributed by atoms with Gasteiger partial charge in [-0.3, -0.25) is 4.79 Å². The van der Waals surface area contributed by atoms with E-state index in [-0.39, 0.29) is 5.91 Å². The van der Waals surface area contributed by atoms with Crippen LogP contribution in [0, 0.1) is 13.8 Å². The topological polar surface area (TPSA) is 48.7 Å². The number of nitrogens with one attached hydrogen (secondary N) is 1. The molecule has 1 aromatic carbocycles. The van der Waals surface area contributed by atoms with Crippen LogP contribution in [0.2, 0.25) is 0 Å². The zero-order valence-electron chi connectivity index (χ0n) is 15.1. The Morgan fingerprint density at radius 3 is 2.52 bits per heavy atom. The molecule has 1 saturated heterocycles. The lowest BCUT2D eigenvalue weighted by Gasteiger charge is -2.35. The predicted molar refractivity (Wildman–Crippen MR) is 102 cm³/mol. The van der Waals surface area contributed by atoms with Gasteiger partial charge in [0, 0.05) is 43.6 Å². The van der Waals surface area contributed by atoms with Crippen LogP contribution in [0.25, 0.3) is 6.08 Å². The lowest BCUT2D eigenvalue weighted by molar-refractivity contribution is -0.111. The Morgan fingerprint density at radius 1 is 1.12 bits per heavy atom. The standard InChI is InChI=1S/C20H25N3O2/c1-15-14-17(5-8-19(15)23-12-10-22(3)11-13-23)21-20(24)9-7-18-6-4-16(2)25-18/h4-9,14H,10-13H2,1-3H3,(H,21,24)/b9-7+. The van der Waals surface area contributed by atoms with Gasteiger partial charge in [-0.05, 0) is 62.9 Å². The zero-order chi connectivity index (χ0) is 17.8. The number of piperazine rings is 1. The number of aryl methyl sites for hydroxylation is 2. The summed E-state index contributed by atoms with van der Waals surface area (Å²) >= 11 is 0. The first-order chi connectivity index (χ1) is 12.0. The van der Waals surface area contributed by atoms with Crippen LogP contribution in [-0.2, 0) is 4.79 Å². The maximum absolute atomic E-state index is 12.1. The Kier molecular flexibility index (Phi) is 5.24. The van der Waals surface area contributed by atoms with Crippen molar-refractivity contribution in [2.24, 2.45) is 0 Å². The molecule has 1 aliphatic heterocycles. The van der Waals surface area contributed by atoms with E-state index in [1.807, 2.05) is 31.2 Å². The Labute approximate surface area is 148 Å². The van der Waals surface area contributed by atoms with Crippen LogP contribution < -0.4 is 10.2 Å². The monoisotopic (exact) mass is 339 g/mol. The third-order valence-corrected chi connectivity index (χ3v) is 4.47. The van der Waals surface area contributed by atoms with Gasteiger partial charge in [0.2, 0.25) is 5.91 Å². The van der Waals surface area contributed by atoms with Crippen molar-refractivity contribution >= 4 is 23.4 Å². The Bertz CT molecular complexity index is 771. The largest absolute Gasteiger partial charge is 0.462 e. The van der Waals surface area contributed by atoms with Gasteiger partial charge in [0.25, 0.3) is 0 Å². The quantitative estimate of drug-likeness (QED) is 0.869. The first kappa shape index (κ1) is 17.3. The third kappa shape index (κ3) is 4.51. The van der Waals surface area contributed by atoms with Gasteiger partial charge < -0.3 is 19.5 Å². The van der Waals surface area contributed by atoms with E-state index in [9.17, 15) is 4.79 Å². The highest BCUT2D eigenvalue weighted by Gasteiger charge is 2.16. The smallest absolute Gasteiger partial charge is 0.248 e. The van der Waals surface area contributed by atoms with E-state index in [4.69, 9.17) is 4.42 Å². The number of nitrogens with zero attached hydrogens (tertiary/aromatic N) is 2. The van der Waals surface area contributed by atoms with E-state index in [0.29, 0.717) is 5.76 Å². The minimum absolute atomic E-state index is 0.166. The van der Waals surface area contributed by atoms with Gasteiger partial charge in [0.1, 0.15) is 11.5 Å². The fourth-order valence-corrected chi connectivity index (χ4v) is 3.02. The molecule has 1 aliphatic rings. The van der Waals surface area contributed by atoms with Gasteiger partial charge in [0.05, 0.1) is 0 Å². The van der Waals surface area contributed by atoms with Crippen molar-refractivity contribution in [3.05, 3.63) is 53.5 Å². The lowest BCUT2D eigenvalue weighted by Crippen LogP contribution is -2.44. The van der Waals surface area contributed by atoms with Crippen molar-refractivity contribution in [1.82, 2.24) is 4.90 Å². The third-order valence-electron chi connectivity index (χ3n) is 4.47. The van der Waals surface area contributed by atoms with Crippen molar-refractivity contribution in [2.75, 3.05) is 43.4 Å². The number of hydrogen-bond donors (Lipinski definition) is 1. The zero-order valence-corrected chi connectivity index (χ0v) is 15.1. The maximum atomic E-state index is 12.1. The van der Waals surface area contributed by atoms with E-state index < -0.39 is 0 Å². The highest BCUT2D eigenvalue weighted by Crippen LogP contribution is 2.24. The molecular weight excluding hydrogens is 314 g/mol. The number of hydrogen-bond acceptors (Lipinski definition) is 4. The molecule has 132 valence electrons. The Morgan fingerprint density at radius 2 is 1.88 bits per heavy atom. The van der Waals surface area contributed by atoms with Crippen molar-refractivity contribution in [1.29, 1.82) is 0 Å². The molecule has 1 fully saturated rings. The Balaban J connectivity index is 1.62. The van der Waals surface area contributed by atoms with Crippen LogP contribution in [0.5, 0.6) is 0 Å². The van der Waals surface area contributed by atoms with Gasteiger partial charge in [-0.2, -0.15) is 0 Å². The second-order valence-corrected chi connectivity index (χ2v) is 6.56. The van der Waals surface area contributed by atoms with Crippen LogP contribution in [0.3, 0.4) is 0 Å². The molecule has 1 N–H and O–H groups in total. The lowest BCUT2D eigenvalue weighted by atomic mass is 10.1. The van der Waals surface area contributed by atoms with E-state index >= 15 is 0 Å². The summed E-state index contributed by atoms with van der Waals surface area (Å²) in [6, 6.07) is 9.79. The predicted octanol–water partition coefficient (Wildman–Crippen LogP) is 3.30. The summed E-state index contributed by atoms with van der Waals surface area (Å²) in [5.74, 6) is 1.34. The second kappa shape index (κ2) is 7.57. The van der Waals surface area contributed by atoms with E-state index in [1.54, 1.807) is 6.08 Å². The summed E-state index contributed by atoms with van der Waals surface area (Å²) in [6.07, 6.45) is 3.16. The number of furan rings is 1. The molecule has 1 amide bonds. The molecule has 0 spiro atoms. The summed E-state index contributed by atoms with van der Waals surface area (Å²) in [5.41, 5.74) is 3.22. The van der Waals surface area contributed by atoms with Gasteiger partial charge in [0.15, 0.2) is 0 Å². The maximum Gasteiger partial charge on any atom is 0.248 e. The number of carbonyl (C=O) groups is 1. The average molecular weight is 339 g/mol. The minimum atomic E-state index is -0.166. The second-order valence-electron chi connectivity index (χ2n) is 6.56. The molecule has 0 radical (unpaired) electrons. The molecule has 2 heterocycles. The van der Waals surface area contributed by atoms with Gasteiger partial charge in [-0.25, -0.2) is 0 Å². The first-order valence-electron chi connectivity index (χ1n) is 8.61. The number of rotatable bonds is 4. The number of carbonyl (C=O) groups excluding carboxylic acids is 1. The fourth-order valence-electron chi connectivity index (χ4n) is 3.02. The molecule has 3 rings (SSSR count). The summed E-state index contributed by atoms with van der Waals surface area (Å²) in [7, 11) is 2.15. The molecule has 0 unspecified atom stereocenters. The number of anilines is 2. The highest BCUT2D eigenvalue weighted by atomic mass is 16.3. The van der Waals surface area contributed by atoms with Crippen molar-refractivity contribution < 1.29 is 9.21 Å². The van der Waals surface area contributed by atoms with Crippen LogP contribution >= 0.6 is 0 Å². The van der Waals surface area contributed by atoms with E-state index in [2.05, 4.69) is 35.2 Å². The highest BCUT2D eigenvalue weighted by molar-refractivity contribution is 6.01. The molecule has 0 bridgehead atoms. The Hall–Kier alpha value is -2.53. The van der Waals surface area contributed by atoms with Gasteiger partial charge in [-0.15, -0.1) is 0 Å². The SMILES string of the molecule is Cc1ccc(/C=C/C(=O)Nc2ccc(N3CCN(C)CC3)c(C)c2)o1. The van der Waals surface area contributed by atoms with Crippen molar-refractivity contribution in [3.63, 3.8) is 0 Å². The first-order valence-corrected chi connectivity index (χ1v) is 8.61.